The average molecular weight is 1130 g/mol. The summed E-state index contributed by atoms with van der Waals surface area (Å²) in [6, 6.07) is 106. The lowest BCUT2D eigenvalue weighted by molar-refractivity contribution is 0.792. The largest absolute Gasteiger partial charge is 0.353 e. The van der Waals surface area contributed by atoms with E-state index in [-0.39, 0.29) is 0 Å². The normalized spacial score (nSPS) is 15.1. The first-order valence-electron chi connectivity index (χ1n) is 30.8. The molecule has 21 rings (SSSR count). The summed E-state index contributed by atoms with van der Waals surface area (Å²) in [5.74, 6) is 1.73. The minimum atomic E-state index is -0.674. The summed E-state index contributed by atoms with van der Waals surface area (Å²) in [6.07, 6.45) is 0. The molecule has 1 atom stereocenters. The molecule has 4 aromatic heterocycles. The number of benzene rings is 13. The van der Waals surface area contributed by atoms with Gasteiger partial charge >= 0.3 is 0 Å². The van der Waals surface area contributed by atoms with Crippen molar-refractivity contribution in [3.8, 4) is 78.9 Å². The number of hydrogen-bond acceptors (Lipinski definition) is 3. The molecular formula is C83H48N6. The molecule has 6 heteroatoms. The molecule has 1 N–H and O–H groups in total. The SMILES string of the molecule is c1ccc2c(c1)-c1ccccc1C21c2ccccc2-c2ccc(-c3nc(-c4ccc5c(c4)C4(c6ccccc6-5)c5ccccc5-c5ccc(-n6c7ccccc7c7ccccc76)cc54)nc(-n4c5ccccc5c5ccc6c7ccccc7[nH]c6c54)n3)cc21. The molecule has 0 aliphatic heterocycles. The van der Waals surface area contributed by atoms with Gasteiger partial charge in [0.25, 0.3) is 0 Å². The molecule has 0 amide bonds. The second-order valence-corrected chi connectivity index (χ2v) is 24.5. The van der Waals surface area contributed by atoms with E-state index >= 15 is 0 Å². The fourth-order valence-corrected chi connectivity index (χ4v) is 17.1. The van der Waals surface area contributed by atoms with Crippen molar-refractivity contribution in [3.63, 3.8) is 0 Å². The van der Waals surface area contributed by atoms with E-state index in [2.05, 4.69) is 299 Å². The summed E-state index contributed by atoms with van der Waals surface area (Å²) in [5.41, 5.74) is 28.3. The molecule has 0 saturated heterocycles. The van der Waals surface area contributed by atoms with E-state index in [0.29, 0.717) is 17.6 Å². The Morgan fingerprint density at radius 2 is 0.640 bits per heavy atom. The molecule has 4 aliphatic rings. The van der Waals surface area contributed by atoms with Gasteiger partial charge in [-0.3, -0.25) is 4.57 Å². The van der Waals surface area contributed by atoms with Crippen molar-refractivity contribution in [1.82, 2.24) is 29.1 Å². The van der Waals surface area contributed by atoms with Crippen LogP contribution < -0.4 is 0 Å². The summed E-state index contributed by atoms with van der Waals surface area (Å²) in [6.45, 7) is 0. The summed E-state index contributed by atoms with van der Waals surface area (Å²) >= 11 is 0. The number of hydrogen-bond donors (Lipinski definition) is 1. The van der Waals surface area contributed by atoms with E-state index < -0.39 is 10.8 Å². The highest BCUT2D eigenvalue weighted by Gasteiger charge is 2.53. The van der Waals surface area contributed by atoms with Crippen LogP contribution in [0.25, 0.3) is 144 Å². The number of para-hydroxylation sites is 4. The zero-order chi connectivity index (χ0) is 57.8. The van der Waals surface area contributed by atoms with Gasteiger partial charge in [-0.25, -0.2) is 4.98 Å². The molecule has 13 aromatic carbocycles. The molecular weight excluding hydrogens is 1080 g/mol. The summed E-state index contributed by atoms with van der Waals surface area (Å²) in [4.78, 5) is 21.2. The van der Waals surface area contributed by atoms with Gasteiger partial charge in [-0.05, 0) is 138 Å². The number of fused-ring (bicyclic) bond motifs is 30. The van der Waals surface area contributed by atoms with Gasteiger partial charge in [0, 0.05) is 54.6 Å². The predicted molar refractivity (Wildman–Crippen MR) is 361 cm³/mol. The number of nitrogens with zero attached hydrogens (tertiary/aromatic N) is 5. The van der Waals surface area contributed by atoms with Crippen molar-refractivity contribution >= 4 is 65.4 Å². The fourth-order valence-electron chi connectivity index (χ4n) is 17.1. The summed E-state index contributed by atoms with van der Waals surface area (Å²) in [7, 11) is 0. The second-order valence-electron chi connectivity index (χ2n) is 24.5. The van der Waals surface area contributed by atoms with Crippen LogP contribution in [-0.4, -0.2) is 29.1 Å². The average Bonchev–Trinajstić information content (AvgIpc) is 1.56. The smallest absolute Gasteiger partial charge is 0.238 e. The van der Waals surface area contributed by atoms with Crippen molar-refractivity contribution in [1.29, 1.82) is 0 Å². The molecule has 0 saturated carbocycles. The van der Waals surface area contributed by atoms with Crippen molar-refractivity contribution < 1.29 is 0 Å². The van der Waals surface area contributed by atoms with Crippen molar-refractivity contribution in [2.24, 2.45) is 0 Å². The van der Waals surface area contributed by atoms with Crippen molar-refractivity contribution in [3.05, 3.63) is 330 Å². The lowest BCUT2D eigenvalue weighted by atomic mass is 9.70. The van der Waals surface area contributed by atoms with Gasteiger partial charge in [-0.1, -0.05) is 237 Å². The molecule has 0 bridgehead atoms. The van der Waals surface area contributed by atoms with E-state index in [9.17, 15) is 0 Å². The zero-order valence-corrected chi connectivity index (χ0v) is 47.9. The van der Waals surface area contributed by atoms with E-state index in [1.165, 1.54) is 116 Å². The zero-order valence-electron chi connectivity index (χ0n) is 47.9. The molecule has 6 nitrogen and oxygen atoms in total. The van der Waals surface area contributed by atoms with Gasteiger partial charge in [-0.2, -0.15) is 9.97 Å². The maximum atomic E-state index is 5.78. The Morgan fingerprint density at radius 1 is 0.270 bits per heavy atom. The highest BCUT2D eigenvalue weighted by atomic mass is 15.2. The van der Waals surface area contributed by atoms with Gasteiger partial charge < -0.3 is 9.55 Å². The van der Waals surface area contributed by atoms with Gasteiger partial charge in [0.05, 0.1) is 38.4 Å². The molecule has 4 heterocycles. The third-order valence-corrected chi connectivity index (χ3v) is 20.6. The standard InChI is InChI=1S/C83H48N6/c1-10-28-65-51(19-1)52-20-2-11-29-66(52)82(65)67-30-12-3-21-53(67)56-40-37-48(45-70(56)82)79-85-80(87-81(86-79)89-76-36-18-9-27-62(76)64-44-43-63-59-24-6-15-33-73(59)84-77(63)78(64)89)49-38-41-57-54-22-4-13-31-68(54)83(71(57)46-49)69-32-14-5-23-55(69)58-42-39-50(47-72(58)83)88-74-34-16-7-25-60(74)61-26-8-17-35-75(61)88/h1-47,84H. The molecule has 1 unspecified atom stereocenters. The number of rotatable bonds is 4. The molecule has 0 radical (unpaired) electrons. The summed E-state index contributed by atoms with van der Waals surface area (Å²) in [5, 5.41) is 7.04. The molecule has 4 aliphatic carbocycles. The minimum absolute atomic E-state index is 0.545. The molecule has 17 aromatic rings. The fraction of sp³-hybridized carbons (Fsp3) is 0.0241. The Balaban J connectivity index is 0.840. The Kier molecular flexibility index (Phi) is 9.09. The lowest BCUT2D eigenvalue weighted by Crippen LogP contribution is -2.26. The minimum Gasteiger partial charge on any atom is -0.353 e. The summed E-state index contributed by atoms with van der Waals surface area (Å²) < 4.78 is 4.74. The number of aromatic nitrogens is 6. The second kappa shape index (κ2) is 17.0. The Bertz CT molecular complexity index is 5900. The monoisotopic (exact) mass is 1130 g/mol. The quantitative estimate of drug-likeness (QED) is 0.191. The highest BCUT2D eigenvalue weighted by Crippen LogP contribution is 2.65. The Morgan fingerprint density at radius 3 is 1.15 bits per heavy atom. The van der Waals surface area contributed by atoms with E-state index in [1.807, 2.05) is 0 Å². The molecule has 0 fully saturated rings. The van der Waals surface area contributed by atoms with Gasteiger partial charge in [0.2, 0.25) is 5.95 Å². The first-order valence-corrected chi connectivity index (χ1v) is 30.8. The van der Waals surface area contributed by atoms with E-state index in [0.717, 1.165) is 55.0 Å². The molecule has 410 valence electrons. The first kappa shape index (κ1) is 47.5. The van der Waals surface area contributed by atoms with Crippen molar-refractivity contribution in [2.75, 3.05) is 0 Å². The third kappa shape index (κ3) is 5.89. The predicted octanol–water partition coefficient (Wildman–Crippen LogP) is 19.7. The molecule has 2 spiro atoms. The van der Waals surface area contributed by atoms with E-state index in [4.69, 9.17) is 15.0 Å². The van der Waals surface area contributed by atoms with Crippen LogP contribution >= 0.6 is 0 Å². The van der Waals surface area contributed by atoms with Crippen LogP contribution in [0.15, 0.2) is 285 Å². The van der Waals surface area contributed by atoms with Crippen LogP contribution in [0.4, 0.5) is 0 Å². The van der Waals surface area contributed by atoms with Crippen LogP contribution in [0.3, 0.4) is 0 Å². The van der Waals surface area contributed by atoms with E-state index in [1.54, 1.807) is 0 Å². The maximum Gasteiger partial charge on any atom is 0.238 e. The highest BCUT2D eigenvalue weighted by molar-refractivity contribution is 6.22. The Labute approximate surface area is 511 Å². The van der Waals surface area contributed by atoms with Crippen LogP contribution in [0.2, 0.25) is 0 Å². The number of aromatic amines is 1. The maximum absolute atomic E-state index is 5.78. The first-order chi connectivity index (χ1) is 44.1. The number of H-pyrrole nitrogens is 1. The van der Waals surface area contributed by atoms with Crippen LogP contribution in [0, 0.1) is 0 Å². The topological polar surface area (TPSA) is 64.3 Å². The lowest BCUT2D eigenvalue weighted by Gasteiger charge is -2.31. The van der Waals surface area contributed by atoms with Crippen LogP contribution in [0.5, 0.6) is 0 Å². The van der Waals surface area contributed by atoms with Gasteiger partial charge in [0.1, 0.15) is 0 Å². The Hall–Kier alpha value is -11.7. The third-order valence-electron chi connectivity index (χ3n) is 20.6. The molecule has 89 heavy (non-hydrogen) atoms. The van der Waals surface area contributed by atoms with Gasteiger partial charge in [0.15, 0.2) is 11.6 Å². The van der Waals surface area contributed by atoms with Crippen molar-refractivity contribution in [2.45, 2.75) is 10.8 Å². The van der Waals surface area contributed by atoms with Crippen LogP contribution in [0.1, 0.15) is 44.5 Å². The van der Waals surface area contributed by atoms with Gasteiger partial charge in [-0.15, -0.1) is 0 Å². The van der Waals surface area contributed by atoms with Crippen LogP contribution in [-0.2, 0) is 10.8 Å². The number of nitrogens with one attached hydrogen (secondary N) is 1.